The van der Waals surface area contributed by atoms with Gasteiger partial charge in [-0.05, 0) is 44.5 Å². The lowest BCUT2D eigenvalue weighted by atomic mass is 10.0. The van der Waals surface area contributed by atoms with Crippen LogP contribution in [0.4, 0.5) is 0 Å². The van der Waals surface area contributed by atoms with E-state index >= 15 is 0 Å². The number of aromatic nitrogens is 3. The summed E-state index contributed by atoms with van der Waals surface area (Å²) in [5.41, 5.74) is 4.86. The molecular formula is C19H24N4. The molecule has 3 aromatic rings. The van der Waals surface area contributed by atoms with Crippen LogP contribution in [0.3, 0.4) is 0 Å². The molecule has 0 aliphatic heterocycles. The molecule has 0 fully saturated rings. The van der Waals surface area contributed by atoms with Gasteiger partial charge >= 0.3 is 0 Å². The van der Waals surface area contributed by atoms with Gasteiger partial charge in [0.2, 0.25) is 0 Å². The Bertz CT molecular complexity index is 789. The van der Waals surface area contributed by atoms with E-state index in [1.54, 1.807) is 0 Å². The fourth-order valence-electron chi connectivity index (χ4n) is 2.84. The molecule has 0 amide bonds. The molecule has 1 unspecified atom stereocenters. The Kier molecular flexibility index (Phi) is 4.44. The van der Waals surface area contributed by atoms with E-state index in [2.05, 4.69) is 66.2 Å². The predicted molar refractivity (Wildman–Crippen MR) is 94.3 cm³/mol. The van der Waals surface area contributed by atoms with Crippen molar-refractivity contribution in [3.63, 3.8) is 0 Å². The zero-order valence-electron chi connectivity index (χ0n) is 14.3. The predicted octanol–water partition coefficient (Wildman–Crippen LogP) is 3.34. The molecule has 2 heterocycles. The van der Waals surface area contributed by atoms with E-state index in [1.165, 1.54) is 16.7 Å². The van der Waals surface area contributed by atoms with Crippen molar-refractivity contribution in [2.45, 2.75) is 32.9 Å². The van der Waals surface area contributed by atoms with Crippen molar-refractivity contribution in [1.82, 2.24) is 19.7 Å². The zero-order chi connectivity index (χ0) is 16.4. The zero-order valence-corrected chi connectivity index (χ0v) is 14.3. The van der Waals surface area contributed by atoms with Gasteiger partial charge in [0.05, 0.1) is 6.20 Å². The van der Waals surface area contributed by atoms with Crippen LogP contribution in [0, 0.1) is 6.92 Å². The van der Waals surface area contributed by atoms with Gasteiger partial charge in [-0.25, -0.2) is 4.98 Å². The van der Waals surface area contributed by atoms with E-state index in [0.29, 0.717) is 6.04 Å². The second-order valence-corrected chi connectivity index (χ2v) is 6.48. The Morgan fingerprint density at radius 2 is 1.87 bits per heavy atom. The van der Waals surface area contributed by atoms with Gasteiger partial charge in [0.15, 0.2) is 5.65 Å². The first-order valence-corrected chi connectivity index (χ1v) is 8.05. The number of benzene rings is 1. The minimum Gasteiger partial charge on any atom is -0.299 e. The van der Waals surface area contributed by atoms with Gasteiger partial charge in [-0.1, -0.05) is 29.8 Å². The van der Waals surface area contributed by atoms with Crippen LogP contribution < -0.4 is 0 Å². The molecule has 3 rings (SSSR count). The third-order valence-corrected chi connectivity index (χ3v) is 4.46. The van der Waals surface area contributed by atoms with Crippen LogP contribution in [0.2, 0.25) is 0 Å². The van der Waals surface area contributed by atoms with Crippen molar-refractivity contribution >= 4 is 11.0 Å². The van der Waals surface area contributed by atoms with Crippen LogP contribution in [0.5, 0.6) is 0 Å². The molecule has 1 aromatic carbocycles. The minimum atomic E-state index is 0.474. The van der Waals surface area contributed by atoms with Gasteiger partial charge < -0.3 is 0 Å². The highest BCUT2D eigenvalue weighted by Gasteiger charge is 2.12. The average molecular weight is 308 g/mol. The summed E-state index contributed by atoms with van der Waals surface area (Å²) in [7, 11) is 4.09. The number of rotatable bonds is 5. The number of hydrogen-bond donors (Lipinski definition) is 0. The topological polar surface area (TPSA) is 34.0 Å². The van der Waals surface area contributed by atoms with E-state index < -0.39 is 0 Å². The minimum absolute atomic E-state index is 0.474. The molecule has 0 spiro atoms. The summed E-state index contributed by atoms with van der Waals surface area (Å²) in [5, 5.41) is 5.36. The Morgan fingerprint density at radius 1 is 1.13 bits per heavy atom. The van der Waals surface area contributed by atoms with E-state index in [0.717, 1.165) is 24.0 Å². The van der Waals surface area contributed by atoms with Gasteiger partial charge in [-0.15, -0.1) is 0 Å². The third kappa shape index (κ3) is 3.59. The van der Waals surface area contributed by atoms with Crippen molar-refractivity contribution in [3.05, 3.63) is 59.4 Å². The summed E-state index contributed by atoms with van der Waals surface area (Å²) in [5.74, 6) is 0. The van der Waals surface area contributed by atoms with Gasteiger partial charge in [-0.3, -0.25) is 9.58 Å². The van der Waals surface area contributed by atoms with Crippen molar-refractivity contribution in [2.24, 2.45) is 7.05 Å². The summed E-state index contributed by atoms with van der Waals surface area (Å²) in [4.78, 5) is 6.89. The van der Waals surface area contributed by atoms with Gasteiger partial charge in [0.25, 0.3) is 0 Å². The van der Waals surface area contributed by atoms with Gasteiger partial charge in [-0.2, -0.15) is 5.10 Å². The molecule has 0 aliphatic carbocycles. The fraction of sp³-hybridized carbons (Fsp3) is 0.368. The van der Waals surface area contributed by atoms with Crippen molar-refractivity contribution in [2.75, 3.05) is 7.05 Å². The summed E-state index contributed by atoms with van der Waals surface area (Å²) >= 11 is 0. The summed E-state index contributed by atoms with van der Waals surface area (Å²) in [6, 6.07) is 11.5. The SMILES string of the molecule is Cc1ccc(CC(C)N(C)Cc2cnc3c(cnn3C)c2)cc1. The van der Waals surface area contributed by atoms with Gasteiger partial charge in [0, 0.05) is 31.2 Å². The highest BCUT2D eigenvalue weighted by atomic mass is 15.3. The molecule has 0 bridgehead atoms. The second-order valence-electron chi connectivity index (χ2n) is 6.48. The van der Waals surface area contributed by atoms with Crippen molar-refractivity contribution in [3.8, 4) is 0 Å². The smallest absolute Gasteiger partial charge is 0.157 e. The van der Waals surface area contributed by atoms with Crippen LogP contribution in [-0.2, 0) is 20.0 Å². The molecule has 1 atom stereocenters. The lowest BCUT2D eigenvalue weighted by Gasteiger charge is -2.25. The summed E-state index contributed by atoms with van der Waals surface area (Å²) < 4.78 is 1.81. The number of pyridine rings is 1. The Labute approximate surface area is 137 Å². The van der Waals surface area contributed by atoms with Crippen molar-refractivity contribution in [1.29, 1.82) is 0 Å². The maximum Gasteiger partial charge on any atom is 0.157 e. The Balaban J connectivity index is 1.66. The van der Waals surface area contributed by atoms with Crippen LogP contribution in [0.1, 0.15) is 23.6 Å². The van der Waals surface area contributed by atoms with E-state index in [9.17, 15) is 0 Å². The van der Waals surface area contributed by atoms with E-state index in [-0.39, 0.29) is 0 Å². The summed E-state index contributed by atoms with van der Waals surface area (Å²) in [6.07, 6.45) is 4.89. The highest BCUT2D eigenvalue weighted by molar-refractivity contribution is 5.74. The molecule has 23 heavy (non-hydrogen) atoms. The maximum absolute atomic E-state index is 4.52. The first-order chi connectivity index (χ1) is 11.0. The standard InChI is InChI=1S/C19H24N4/c1-14-5-7-16(8-6-14)9-15(2)22(3)13-17-10-18-12-21-23(4)19(18)20-11-17/h5-8,10-12,15H,9,13H2,1-4H3. The van der Waals surface area contributed by atoms with E-state index in [4.69, 9.17) is 0 Å². The van der Waals surface area contributed by atoms with Crippen molar-refractivity contribution < 1.29 is 0 Å². The number of nitrogens with zero attached hydrogens (tertiary/aromatic N) is 4. The number of aryl methyl sites for hydroxylation is 2. The summed E-state index contributed by atoms with van der Waals surface area (Å²) in [6.45, 7) is 5.29. The molecule has 0 radical (unpaired) electrons. The monoisotopic (exact) mass is 308 g/mol. The molecule has 0 saturated heterocycles. The number of likely N-dealkylation sites (N-methyl/N-ethyl adjacent to an activating group) is 1. The Morgan fingerprint density at radius 3 is 2.61 bits per heavy atom. The first kappa shape index (κ1) is 15.7. The highest BCUT2D eigenvalue weighted by Crippen LogP contribution is 2.15. The fourth-order valence-corrected chi connectivity index (χ4v) is 2.84. The molecule has 120 valence electrons. The maximum atomic E-state index is 4.52. The lowest BCUT2D eigenvalue weighted by molar-refractivity contribution is 0.248. The molecule has 0 N–H and O–H groups in total. The number of fused-ring (bicyclic) bond motifs is 1. The van der Waals surface area contributed by atoms with Crippen LogP contribution in [-0.4, -0.2) is 32.8 Å². The third-order valence-electron chi connectivity index (χ3n) is 4.46. The largest absolute Gasteiger partial charge is 0.299 e. The average Bonchev–Trinajstić information content (AvgIpc) is 2.90. The molecule has 2 aromatic heterocycles. The Hall–Kier alpha value is -2.20. The van der Waals surface area contributed by atoms with Crippen LogP contribution >= 0.6 is 0 Å². The second kappa shape index (κ2) is 6.50. The van der Waals surface area contributed by atoms with E-state index in [1.807, 2.05) is 24.1 Å². The first-order valence-electron chi connectivity index (χ1n) is 8.05. The molecule has 4 heteroatoms. The number of hydrogen-bond acceptors (Lipinski definition) is 3. The van der Waals surface area contributed by atoms with Crippen LogP contribution in [0.25, 0.3) is 11.0 Å². The normalized spacial score (nSPS) is 12.9. The van der Waals surface area contributed by atoms with Gasteiger partial charge in [0.1, 0.15) is 0 Å². The molecule has 0 aliphatic rings. The molecule has 4 nitrogen and oxygen atoms in total. The van der Waals surface area contributed by atoms with Crippen LogP contribution in [0.15, 0.2) is 42.7 Å². The molecular weight excluding hydrogens is 284 g/mol. The lowest BCUT2D eigenvalue weighted by Crippen LogP contribution is -2.30. The molecule has 0 saturated carbocycles. The quantitative estimate of drug-likeness (QED) is 0.725.